The number of aryl methyl sites for hydroxylation is 1. The number of hydrogen-bond acceptors (Lipinski definition) is 7. The molecular formula is C17H18N4O2S2. The number of rotatable bonds is 4. The zero-order chi connectivity index (χ0) is 17.4. The van der Waals surface area contributed by atoms with Crippen LogP contribution in [0.25, 0.3) is 10.2 Å². The molecule has 0 radical (unpaired) electrons. The van der Waals surface area contributed by atoms with Gasteiger partial charge in [-0.25, -0.2) is 14.8 Å². The highest BCUT2D eigenvalue weighted by Crippen LogP contribution is 2.29. The van der Waals surface area contributed by atoms with Crippen molar-refractivity contribution in [3.8, 4) is 0 Å². The van der Waals surface area contributed by atoms with Crippen LogP contribution in [0.15, 0.2) is 23.8 Å². The van der Waals surface area contributed by atoms with Crippen LogP contribution in [0.5, 0.6) is 0 Å². The Balaban J connectivity index is 1.43. The van der Waals surface area contributed by atoms with E-state index >= 15 is 0 Å². The fourth-order valence-electron chi connectivity index (χ4n) is 3.14. The number of carbonyl (C=O) groups is 1. The number of anilines is 1. The molecule has 130 valence electrons. The summed E-state index contributed by atoms with van der Waals surface area (Å²) in [7, 11) is 0. The molecular weight excluding hydrogens is 356 g/mol. The van der Waals surface area contributed by atoms with E-state index in [1.54, 1.807) is 17.7 Å². The highest BCUT2D eigenvalue weighted by molar-refractivity contribution is 7.17. The normalized spacial score (nSPS) is 15.8. The van der Waals surface area contributed by atoms with Gasteiger partial charge in [0.25, 0.3) is 0 Å². The largest absolute Gasteiger partial charge is 0.477 e. The maximum absolute atomic E-state index is 11.1. The molecule has 0 atom stereocenters. The molecule has 3 aromatic heterocycles. The van der Waals surface area contributed by atoms with Crippen molar-refractivity contribution in [3.63, 3.8) is 0 Å². The first-order valence-corrected chi connectivity index (χ1v) is 9.79. The van der Waals surface area contributed by atoms with E-state index in [9.17, 15) is 4.79 Å². The van der Waals surface area contributed by atoms with Gasteiger partial charge in [0.05, 0.1) is 10.2 Å². The van der Waals surface area contributed by atoms with Crippen LogP contribution in [0.3, 0.4) is 0 Å². The zero-order valence-corrected chi connectivity index (χ0v) is 15.4. The van der Waals surface area contributed by atoms with Crippen molar-refractivity contribution in [1.82, 2.24) is 14.9 Å². The van der Waals surface area contributed by atoms with Gasteiger partial charge in [0.15, 0.2) is 0 Å². The van der Waals surface area contributed by atoms with E-state index in [1.807, 2.05) is 19.1 Å². The van der Waals surface area contributed by atoms with Crippen LogP contribution in [0.1, 0.15) is 20.1 Å². The zero-order valence-electron chi connectivity index (χ0n) is 13.8. The standard InChI is InChI=1S/C17H18N4O2S2/c1-11-12(8-14(25-11)17(22)23)9-20-3-5-21(6-4-20)16-15-13(2-7-24-15)18-10-19-16/h2,7-8,10H,3-6,9H2,1H3,(H,22,23). The van der Waals surface area contributed by atoms with Crippen LogP contribution in [-0.4, -0.2) is 52.1 Å². The summed E-state index contributed by atoms with van der Waals surface area (Å²) in [6.07, 6.45) is 1.64. The van der Waals surface area contributed by atoms with Gasteiger partial charge < -0.3 is 10.0 Å². The SMILES string of the molecule is Cc1sc(C(=O)O)cc1CN1CCN(c2ncnc3ccsc23)CC1. The Bertz CT molecular complexity index is 912. The lowest BCUT2D eigenvalue weighted by Crippen LogP contribution is -2.46. The Kier molecular flexibility index (Phi) is 4.41. The van der Waals surface area contributed by atoms with E-state index in [2.05, 4.69) is 25.1 Å². The van der Waals surface area contributed by atoms with Crippen molar-refractivity contribution >= 4 is 44.7 Å². The number of aromatic carboxylic acids is 1. The highest BCUT2D eigenvalue weighted by atomic mass is 32.1. The van der Waals surface area contributed by atoms with E-state index in [1.165, 1.54) is 11.3 Å². The lowest BCUT2D eigenvalue weighted by atomic mass is 10.2. The summed E-state index contributed by atoms with van der Waals surface area (Å²) in [6, 6.07) is 3.84. The number of thiophene rings is 2. The second kappa shape index (κ2) is 6.70. The smallest absolute Gasteiger partial charge is 0.345 e. The van der Waals surface area contributed by atoms with Gasteiger partial charge in [-0.2, -0.15) is 0 Å². The molecule has 3 aromatic rings. The van der Waals surface area contributed by atoms with Crippen LogP contribution < -0.4 is 4.90 Å². The molecule has 0 unspecified atom stereocenters. The number of hydrogen-bond donors (Lipinski definition) is 1. The summed E-state index contributed by atoms with van der Waals surface area (Å²) in [5.74, 6) is 0.187. The van der Waals surface area contributed by atoms with Crippen LogP contribution in [0.4, 0.5) is 5.82 Å². The molecule has 8 heteroatoms. The molecule has 4 rings (SSSR count). The topological polar surface area (TPSA) is 69.6 Å². The van der Waals surface area contributed by atoms with Crippen molar-refractivity contribution in [2.24, 2.45) is 0 Å². The lowest BCUT2D eigenvalue weighted by molar-refractivity contribution is 0.0702. The molecule has 0 spiro atoms. The quantitative estimate of drug-likeness (QED) is 0.757. The minimum atomic E-state index is -0.840. The molecule has 1 aliphatic heterocycles. The molecule has 0 bridgehead atoms. The molecule has 4 heterocycles. The average molecular weight is 374 g/mol. The third-order valence-electron chi connectivity index (χ3n) is 4.52. The molecule has 1 fully saturated rings. The number of fused-ring (bicyclic) bond motifs is 1. The summed E-state index contributed by atoms with van der Waals surface area (Å²) >= 11 is 3.04. The monoisotopic (exact) mass is 374 g/mol. The first-order chi connectivity index (χ1) is 12.1. The Morgan fingerprint density at radius 1 is 1.28 bits per heavy atom. The molecule has 0 amide bonds. The number of piperazine rings is 1. The molecule has 0 aliphatic carbocycles. The minimum absolute atomic E-state index is 0.423. The summed E-state index contributed by atoms with van der Waals surface area (Å²) in [5, 5.41) is 11.2. The molecule has 6 nitrogen and oxygen atoms in total. The van der Waals surface area contributed by atoms with Gasteiger partial charge in [-0.15, -0.1) is 22.7 Å². The summed E-state index contributed by atoms with van der Waals surface area (Å²) in [4.78, 5) is 26.1. The molecule has 1 N–H and O–H groups in total. The van der Waals surface area contributed by atoms with Gasteiger partial charge in [0.1, 0.15) is 17.0 Å². The predicted molar refractivity (Wildman–Crippen MR) is 101 cm³/mol. The van der Waals surface area contributed by atoms with Gasteiger partial charge in [0, 0.05) is 37.6 Å². The number of carboxylic acids is 1. The maximum Gasteiger partial charge on any atom is 0.345 e. The lowest BCUT2D eigenvalue weighted by Gasteiger charge is -2.35. The van der Waals surface area contributed by atoms with Gasteiger partial charge in [-0.1, -0.05) is 0 Å². The summed E-state index contributed by atoms with van der Waals surface area (Å²) in [6.45, 7) is 6.51. The maximum atomic E-state index is 11.1. The fraction of sp³-hybridized carbons (Fsp3) is 0.353. The Labute approximate surface area is 153 Å². The summed E-state index contributed by atoms with van der Waals surface area (Å²) < 4.78 is 1.15. The molecule has 1 aliphatic rings. The Morgan fingerprint density at radius 3 is 2.80 bits per heavy atom. The van der Waals surface area contributed by atoms with Crippen LogP contribution in [-0.2, 0) is 6.54 Å². The first-order valence-electron chi connectivity index (χ1n) is 8.10. The molecule has 1 saturated heterocycles. The van der Waals surface area contributed by atoms with E-state index < -0.39 is 5.97 Å². The van der Waals surface area contributed by atoms with E-state index in [0.717, 1.165) is 59.2 Å². The van der Waals surface area contributed by atoms with Crippen molar-refractivity contribution in [3.05, 3.63) is 39.2 Å². The van der Waals surface area contributed by atoms with E-state index in [0.29, 0.717) is 4.88 Å². The number of aromatic nitrogens is 2. The second-order valence-corrected chi connectivity index (χ2v) is 8.27. The van der Waals surface area contributed by atoms with Crippen molar-refractivity contribution in [1.29, 1.82) is 0 Å². The van der Waals surface area contributed by atoms with E-state index in [4.69, 9.17) is 5.11 Å². The molecule has 0 saturated carbocycles. The first kappa shape index (κ1) is 16.4. The van der Waals surface area contributed by atoms with Crippen LogP contribution in [0.2, 0.25) is 0 Å². The van der Waals surface area contributed by atoms with Gasteiger partial charge in [0.2, 0.25) is 0 Å². The molecule has 0 aromatic carbocycles. The number of nitrogens with zero attached hydrogens (tertiary/aromatic N) is 4. The van der Waals surface area contributed by atoms with Crippen molar-refractivity contribution < 1.29 is 9.90 Å². The van der Waals surface area contributed by atoms with Gasteiger partial charge in [-0.05, 0) is 30.0 Å². The highest BCUT2D eigenvalue weighted by Gasteiger charge is 2.21. The average Bonchev–Trinajstić information content (AvgIpc) is 3.22. The van der Waals surface area contributed by atoms with Gasteiger partial charge >= 0.3 is 5.97 Å². The minimum Gasteiger partial charge on any atom is -0.477 e. The number of carboxylic acid groups (broad SMARTS) is 1. The Hall–Kier alpha value is -2.03. The van der Waals surface area contributed by atoms with E-state index in [-0.39, 0.29) is 0 Å². The Morgan fingerprint density at radius 2 is 2.08 bits per heavy atom. The van der Waals surface area contributed by atoms with Crippen molar-refractivity contribution in [2.75, 3.05) is 31.1 Å². The van der Waals surface area contributed by atoms with Crippen LogP contribution >= 0.6 is 22.7 Å². The molecule has 25 heavy (non-hydrogen) atoms. The third-order valence-corrected chi connectivity index (χ3v) is 6.50. The van der Waals surface area contributed by atoms with Gasteiger partial charge in [-0.3, -0.25) is 4.90 Å². The third kappa shape index (κ3) is 3.24. The fourth-order valence-corrected chi connectivity index (χ4v) is 4.88. The van der Waals surface area contributed by atoms with Crippen molar-refractivity contribution in [2.45, 2.75) is 13.5 Å². The predicted octanol–water partition coefficient (Wildman–Crippen LogP) is 3.08. The van der Waals surface area contributed by atoms with Crippen LogP contribution in [0, 0.1) is 6.92 Å². The summed E-state index contributed by atoms with van der Waals surface area (Å²) in [5.41, 5.74) is 2.13. The second-order valence-electron chi connectivity index (χ2n) is 6.09.